The van der Waals surface area contributed by atoms with Crippen LogP contribution in [-0.4, -0.2) is 42.1 Å². The Kier molecular flexibility index (Phi) is 4.83. The van der Waals surface area contributed by atoms with E-state index in [4.69, 9.17) is 4.42 Å². The lowest BCUT2D eigenvalue weighted by atomic mass is 10.1. The van der Waals surface area contributed by atoms with E-state index in [0.29, 0.717) is 17.2 Å². The van der Waals surface area contributed by atoms with Crippen LogP contribution in [0.1, 0.15) is 18.9 Å². The maximum atomic E-state index is 12.8. The quantitative estimate of drug-likeness (QED) is 0.472. The van der Waals surface area contributed by atoms with Crippen LogP contribution in [0.3, 0.4) is 0 Å². The molecule has 3 heterocycles. The molecule has 0 amide bonds. The van der Waals surface area contributed by atoms with E-state index in [9.17, 15) is 4.79 Å². The Bertz CT molecular complexity index is 1280. The average Bonchev–Trinajstić information content (AvgIpc) is 3.12. The second-order valence-electron chi connectivity index (χ2n) is 8.20. The molecular formula is C24H25N3O2S. The molecule has 1 saturated heterocycles. The largest absolute Gasteiger partial charge is 0.422 e. The molecule has 1 aliphatic heterocycles. The van der Waals surface area contributed by atoms with Gasteiger partial charge in [0, 0.05) is 43.5 Å². The minimum absolute atomic E-state index is 0.286. The minimum Gasteiger partial charge on any atom is -0.422 e. The van der Waals surface area contributed by atoms with E-state index in [1.807, 2.05) is 43.3 Å². The molecule has 6 heteroatoms. The highest BCUT2D eigenvalue weighted by molar-refractivity contribution is 7.18. The van der Waals surface area contributed by atoms with Gasteiger partial charge in [0.1, 0.15) is 5.76 Å². The first-order valence-corrected chi connectivity index (χ1v) is 11.2. The van der Waals surface area contributed by atoms with Gasteiger partial charge in [-0.2, -0.15) is 0 Å². The normalized spacial score (nSPS) is 15.5. The Morgan fingerprint density at radius 2 is 1.83 bits per heavy atom. The summed E-state index contributed by atoms with van der Waals surface area (Å²) in [7, 11) is 0. The van der Waals surface area contributed by atoms with Gasteiger partial charge in [0.25, 0.3) is 0 Å². The third-order valence-corrected chi connectivity index (χ3v) is 6.87. The Morgan fingerprint density at radius 1 is 1.03 bits per heavy atom. The van der Waals surface area contributed by atoms with Gasteiger partial charge in [0.15, 0.2) is 0 Å². The molecule has 4 aromatic rings. The molecule has 1 fully saturated rings. The lowest BCUT2D eigenvalue weighted by Gasteiger charge is -2.38. The van der Waals surface area contributed by atoms with E-state index in [1.165, 1.54) is 0 Å². The van der Waals surface area contributed by atoms with Crippen LogP contribution < -0.4 is 10.5 Å². The Balaban J connectivity index is 1.47. The number of anilines is 1. The molecule has 5 rings (SSSR count). The number of piperazine rings is 1. The van der Waals surface area contributed by atoms with Crippen LogP contribution in [0.15, 0.2) is 51.7 Å². The van der Waals surface area contributed by atoms with Gasteiger partial charge >= 0.3 is 5.63 Å². The minimum atomic E-state index is -0.286. The molecular weight excluding hydrogens is 394 g/mol. The first-order valence-electron chi connectivity index (χ1n) is 10.4. The number of fused-ring (bicyclic) bond motifs is 2. The SMILES string of the molecule is Cc1nc2ccc(-c3cc4ccc(N5CCN(C(C)C)CC5)cc4c(=O)o3)cc2s1. The highest BCUT2D eigenvalue weighted by Crippen LogP contribution is 2.30. The lowest BCUT2D eigenvalue weighted by Crippen LogP contribution is -2.48. The van der Waals surface area contributed by atoms with Crippen LogP contribution in [-0.2, 0) is 0 Å². The van der Waals surface area contributed by atoms with Crippen molar-refractivity contribution in [2.75, 3.05) is 31.1 Å². The standard InChI is InChI=1S/C24H25N3O2S/c1-15(2)26-8-10-27(11-9-26)19-6-4-17-12-22(29-24(28)20(17)14-19)18-5-7-21-23(13-18)30-16(3)25-21/h4-7,12-15H,8-11H2,1-3H3. The van der Waals surface area contributed by atoms with E-state index >= 15 is 0 Å². The molecule has 0 atom stereocenters. The van der Waals surface area contributed by atoms with Crippen molar-refractivity contribution in [3.8, 4) is 11.3 Å². The molecule has 30 heavy (non-hydrogen) atoms. The van der Waals surface area contributed by atoms with Gasteiger partial charge in [-0.1, -0.05) is 6.07 Å². The molecule has 0 N–H and O–H groups in total. The van der Waals surface area contributed by atoms with Gasteiger partial charge in [-0.15, -0.1) is 11.3 Å². The van der Waals surface area contributed by atoms with Crippen molar-refractivity contribution >= 4 is 38.0 Å². The predicted molar refractivity (Wildman–Crippen MR) is 125 cm³/mol. The number of hydrogen-bond donors (Lipinski definition) is 0. The van der Waals surface area contributed by atoms with Crippen LogP contribution in [0, 0.1) is 6.92 Å². The van der Waals surface area contributed by atoms with Crippen LogP contribution in [0.5, 0.6) is 0 Å². The first kappa shape index (κ1) is 19.3. The zero-order chi connectivity index (χ0) is 20.8. The second kappa shape index (κ2) is 7.52. The number of nitrogens with zero attached hydrogens (tertiary/aromatic N) is 3. The van der Waals surface area contributed by atoms with Crippen LogP contribution in [0.4, 0.5) is 5.69 Å². The van der Waals surface area contributed by atoms with E-state index in [2.05, 4.69) is 34.7 Å². The number of thiazole rings is 1. The van der Waals surface area contributed by atoms with Gasteiger partial charge in [-0.05, 0) is 62.6 Å². The summed E-state index contributed by atoms with van der Waals surface area (Å²) in [5.74, 6) is 0.596. The molecule has 0 unspecified atom stereocenters. The lowest BCUT2D eigenvalue weighted by molar-refractivity contribution is 0.209. The Hall–Kier alpha value is -2.70. The molecule has 0 aliphatic carbocycles. The fraction of sp³-hybridized carbons (Fsp3) is 0.333. The number of aryl methyl sites for hydroxylation is 1. The summed E-state index contributed by atoms with van der Waals surface area (Å²) < 4.78 is 6.83. The van der Waals surface area contributed by atoms with Crippen molar-refractivity contribution in [3.63, 3.8) is 0 Å². The maximum Gasteiger partial charge on any atom is 0.344 e. The third kappa shape index (κ3) is 3.50. The summed E-state index contributed by atoms with van der Waals surface area (Å²) in [4.78, 5) is 22.2. The van der Waals surface area contributed by atoms with Crippen molar-refractivity contribution in [2.45, 2.75) is 26.8 Å². The first-order chi connectivity index (χ1) is 14.5. The molecule has 0 saturated carbocycles. The van der Waals surface area contributed by atoms with E-state index in [1.54, 1.807) is 11.3 Å². The predicted octanol–water partition coefficient (Wildman–Crippen LogP) is 4.91. The van der Waals surface area contributed by atoms with Gasteiger partial charge < -0.3 is 9.32 Å². The summed E-state index contributed by atoms with van der Waals surface area (Å²) in [6.45, 7) is 10.5. The van der Waals surface area contributed by atoms with Gasteiger partial charge in [0.05, 0.1) is 20.6 Å². The molecule has 2 aromatic heterocycles. The van der Waals surface area contributed by atoms with Crippen molar-refractivity contribution in [1.29, 1.82) is 0 Å². The number of rotatable bonds is 3. The monoisotopic (exact) mass is 419 g/mol. The highest BCUT2D eigenvalue weighted by Gasteiger charge is 2.19. The number of benzene rings is 2. The number of aromatic nitrogens is 1. The zero-order valence-electron chi connectivity index (χ0n) is 17.5. The molecule has 5 nitrogen and oxygen atoms in total. The molecule has 2 aromatic carbocycles. The number of hydrogen-bond acceptors (Lipinski definition) is 6. The molecule has 0 spiro atoms. The maximum absolute atomic E-state index is 12.8. The molecule has 1 aliphatic rings. The molecule has 154 valence electrons. The van der Waals surface area contributed by atoms with Crippen molar-refractivity contribution < 1.29 is 4.42 Å². The summed E-state index contributed by atoms with van der Waals surface area (Å²) in [6.07, 6.45) is 0. The van der Waals surface area contributed by atoms with E-state index in [-0.39, 0.29) is 5.63 Å². The van der Waals surface area contributed by atoms with Crippen LogP contribution >= 0.6 is 11.3 Å². The zero-order valence-corrected chi connectivity index (χ0v) is 18.3. The van der Waals surface area contributed by atoms with E-state index in [0.717, 1.165) is 58.0 Å². The Labute approximate surface area is 179 Å². The van der Waals surface area contributed by atoms with Gasteiger partial charge in [-0.25, -0.2) is 9.78 Å². The summed E-state index contributed by atoms with van der Waals surface area (Å²) in [6, 6.07) is 14.7. The smallest absolute Gasteiger partial charge is 0.344 e. The topological polar surface area (TPSA) is 49.6 Å². The molecule has 0 radical (unpaired) electrons. The van der Waals surface area contributed by atoms with Crippen LogP contribution in [0.2, 0.25) is 0 Å². The second-order valence-corrected chi connectivity index (χ2v) is 9.44. The summed E-state index contributed by atoms with van der Waals surface area (Å²) >= 11 is 1.65. The summed E-state index contributed by atoms with van der Waals surface area (Å²) in [5.41, 5.74) is 2.68. The average molecular weight is 420 g/mol. The van der Waals surface area contributed by atoms with Crippen molar-refractivity contribution in [1.82, 2.24) is 9.88 Å². The third-order valence-electron chi connectivity index (χ3n) is 5.94. The fourth-order valence-corrected chi connectivity index (χ4v) is 5.07. The van der Waals surface area contributed by atoms with E-state index < -0.39 is 0 Å². The Morgan fingerprint density at radius 3 is 2.60 bits per heavy atom. The molecule has 0 bridgehead atoms. The van der Waals surface area contributed by atoms with Crippen molar-refractivity contribution in [2.24, 2.45) is 0 Å². The van der Waals surface area contributed by atoms with Gasteiger partial charge in [-0.3, -0.25) is 4.90 Å². The van der Waals surface area contributed by atoms with Gasteiger partial charge in [0.2, 0.25) is 0 Å². The fourth-order valence-electron chi connectivity index (χ4n) is 4.20. The van der Waals surface area contributed by atoms with Crippen LogP contribution in [0.25, 0.3) is 32.3 Å². The summed E-state index contributed by atoms with van der Waals surface area (Å²) in [5, 5.41) is 2.58. The van der Waals surface area contributed by atoms with Crippen molar-refractivity contribution in [3.05, 3.63) is 57.9 Å². The highest BCUT2D eigenvalue weighted by atomic mass is 32.1.